The molecule has 1 aromatic carbocycles. The maximum Gasteiger partial charge on any atom is 0.317 e. The molecule has 2 aliphatic rings. The first-order valence-corrected chi connectivity index (χ1v) is 9.94. The molecule has 2 heterocycles. The highest BCUT2D eigenvalue weighted by Gasteiger charge is 2.21. The summed E-state index contributed by atoms with van der Waals surface area (Å²) in [5, 5.41) is 2.97. The summed E-state index contributed by atoms with van der Waals surface area (Å²) in [6.45, 7) is 4.92. The zero-order valence-electron chi connectivity index (χ0n) is 15.8. The number of carbonyl (C=O) groups excluding carboxylic acids is 2. The fourth-order valence-electron chi connectivity index (χ4n) is 3.67. The molecule has 1 aromatic rings. The molecule has 148 valence electrons. The van der Waals surface area contributed by atoms with Gasteiger partial charge in [0.2, 0.25) is 5.91 Å². The minimum absolute atomic E-state index is 0.0454. The summed E-state index contributed by atoms with van der Waals surface area (Å²) in [5.74, 6) is 0.00869. The minimum Gasteiger partial charge on any atom is -0.368 e. The van der Waals surface area contributed by atoms with E-state index in [4.69, 9.17) is 0 Å². The smallest absolute Gasteiger partial charge is 0.317 e. The van der Waals surface area contributed by atoms with Crippen LogP contribution in [-0.4, -0.2) is 67.6 Å². The average molecular weight is 376 g/mol. The summed E-state index contributed by atoms with van der Waals surface area (Å²) in [6.07, 6.45) is 4.65. The Morgan fingerprint density at radius 2 is 1.74 bits per heavy atom. The predicted molar refractivity (Wildman–Crippen MR) is 103 cm³/mol. The number of halogens is 1. The molecule has 1 N–H and O–H groups in total. The number of likely N-dealkylation sites (tertiary alicyclic amines) is 1. The second-order valence-corrected chi connectivity index (χ2v) is 7.23. The summed E-state index contributed by atoms with van der Waals surface area (Å²) >= 11 is 0. The summed E-state index contributed by atoms with van der Waals surface area (Å²) < 4.78 is 13.0. The van der Waals surface area contributed by atoms with Crippen LogP contribution in [0.2, 0.25) is 0 Å². The van der Waals surface area contributed by atoms with Crippen molar-refractivity contribution in [3.05, 3.63) is 30.1 Å². The lowest BCUT2D eigenvalue weighted by atomic mass is 10.2. The predicted octanol–water partition coefficient (Wildman–Crippen LogP) is 2.45. The number of amides is 3. The van der Waals surface area contributed by atoms with Crippen LogP contribution in [-0.2, 0) is 4.79 Å². The van der Waals surface area contributed by atoms with Gasteiger partial charge in [0, 0.05) is 57.9 Å². The quantitative estimate of drug-likeness (QED) is 0.803. The van der Waals surface area contributed by atoms with E-state index >= 15 is 0 Å². The lowest BCUT2D eigenvalue weighted by Gasteiger charge is -2.36. The number of carbonyl (C=O) groups is 2. The van der Waals surface area contributed by atoms with Crippen LogP contribution in [0.3, 0.4) is 0 Å². The molecule has 7 heteroatoms. The summed E-state index contributed by atoms with van der Waals surface area (Å²) in [7, 11) is 0. The molecule has 3 rings (SSSR count). The van der Waals surface area contributed by atoms with Gasteiger partial charge in [-0.1, -0.05) is 6.42 Å². The Labute approximate surface area is 160 Å². The van der Waals surface area contributed by atoms with Gasteiger partial charge in [0.15, 0.2) is 0 Å². The van der Waals surface area contributed by atoms with E-state index in [0.717, 1.165) is 57.5 Å². The van der Waals surface area contributed by atoms with Gasteiger partial charge in [-0.2, -0.15) is 0 Å². The van der Waals surface area contributed by atoms with Crippen LogP contribution in [0.5, 0.6) is 0 Å². The molecular weight excluding hydrogens is 347 g/mol. The van der Waals surface area contributed by atoms with Gasteiger partial charge in [-0.05, 0) is 43.5 Å². The molecule has 0 saturated carbocycles. The number of benzene rings is 1. The molecule has 0 atom stereocenters. The van der Waals surface area contributed by atoms with Crippen LogP contribution >= 0.6 is 0 Å². The van der Waals surface area contributed by atoms with Crippen LogP contribution in [0, 0.1) is 5.82 Å². The zero-order chi connectivity index (χ0) is 19.1. The fourth-order valence-corrected chi connectivity index (χ4v) is 3.67. The third kappa shape index (κ3) is 5.58. The van der Waals surface area contributed by atoms with Crippen molar-refractivity contribution in [1.82, 2.24) is 15.1 Å². The normalized spacial score (nSPS) is 18.4. The van der Waals surface area contributed by atoms with Crippen molar-refractivity contribution in [1.29, 1.82) is 0 Å². The van der Waals surface area contributed by atoms with E-state index in [1.807, 2.05) is 9.80 Å². The maximum absolute atomic E-state index is 13.0. The Balaban J connectivity index is 1.34. The molecule has 0 spiro atoms. The Morgan fingerprint density at radius 1 is 1.00 bits per heavy atom. The van der Waals surface area contributed by atoms with Crippen molar-refractivity contribution in [2.75, 3.05) is 50.7 Å². The number of hydrogen-bond acceptors (Lipinski definition) is 3. The highest BCUT2D eigenvalue weighted by atomic mass is 19.1. The van der Waals surface area contributed by atoms with Crippen molar-refractivity contribution in [3.8, 4) is 0 Å². The molecule has 0 aromatic heterocycles. The van der Waals surface area contributed by atoms with E-state index in [-0.39, 0.29) is 17.8 Å². The topological polar surface area (TPSA) is 55.9 Å². The lowest BCUT2D eigenvalue weighted by molar-refractivity contribution is -0.130. The van der Waals surface area contributed by atoms with Crippen molar-refractivity contribution < 1.29 is 14.0 Å². The van der Waals surface area contributed by atoms with E-state index in [9.17, 15) is 14.0 Å². The first kappa shape index (κ1) is 19.5. The van der Waals surface area contributed by atoms with Crippen molar-refractivity contribution in [3.63, 3.8) is 0 Å². The third-order valence-corrected chi connectivity index (χ3v) is 5.31. The molecule has 3 amide bonds. The SMILES string of the molecule is O=C1CCCCCN1CCCNC(=O)N1CCN(c2ccc(F)cc2)CC1. The molecule has 6 nitrogen and oxygen atoms in total. The zero-order valence-corrected chi connectivity index (χ0v) is 15.8. The number of urea groups is 1. The number of piperazine rings is 1. The fraction of sp³-hybridized carbons (Fsp3) is 0.600. The van der Waals surface area contributed by atoms with Gasteiger partial charge in [-0.15, -0.1) is 0 Å². The monoisotopic (exact) mass is 376 g/mol. The second-order valence-electron chi connectivity index (χ2n) is 7.23. The number of anilines is 1. The van der Waals surface area contributed by atoms with Gasteiger partial charge in [0.25, 0.3) is 0 Å². The van der Waals surface area contributed by atoms with Gasteiger partial charge in [0.1, 0.15) is 5.82 Å². The molecule has 0 radical (unpaired) electrons. The molecule has 0 bridgehead atoms. The summed E-state index contributed by atoms with van der Waals surface area (Å²) in [6, 6.07) is 6.42. The number of nitrogens with one attached hydrogen (secondary N) is 1. The number of nitrogens with zero attached hydrogens (tertiary/aromatic N) is 3. The van der Waals surface area contributed by atoms with Gasteiger partial charge in [-0.25, -0.2) is 9.18 Å². The van der Waals surface area contributed by atoms with Crippen molar-refractivity contribution in [2.24, 2.45) is 0 Å². The highest BCUT2D eigenvalue weighted by Crippen LogP contribution is 2.17. The Bertz CT molecular complexity index is 629. The Kier molecular flexibility index (Phi) is 6.90. The lowest BCUT2D eigenvalue weighted by Crippen LogP contribution is -2.52. The standard InChI is InChI=1S/C20H29FN4O2/c21-17-6-8-18(9-7-17)23-13-15-25(16-14-23)20(27)22-10-4-12-24-11-3-1-2-5-19(24)26/h6-9H,1-5,10-16H2,(H,22,27). The van der Waals surface area contributed by atoms with Crippen LogP contribution < -0.4 is 10.2 Å². The van der Waals surface area contributed by atoms with Gasteiger partial charge >= 0.3 is 6.03 Å². The average Bonchev–Trinajstić information content (AvgIpc) is 2.90. The van der Waals surface area contributed by atoms with Crippen LogP contribution in [0.1, 0.15) is 32.1 Å². The van der Waals surface area contributed by atoms with E-state index < -0.39 is 0 Å². The molecular formula is C20H29FN4O2. The maximum atomic E-state index is 13.0. The van der Waals surface area contributed by atoms with Gasteiger partial charge in [-0.3, -0.25) is 4.79 Å². The molecule has 2 fully saturated rings. The highest BCUT2D eigenvalue weighted by molar-refractivity contribution is 5.76. The van der Waals surface area contributed by atoms with E-state index in [1.165, 1.54) is 12.1 Å². The molecule has 27 heavy (non-hydrogen) atoms. The van der Waals surface area contributed by atoms with Gasteiger partial charge < -0.3 is 20.0 Å². The third-order valence-electron chi connectivity index (χ3n) is 5.31. The number of rotatable bonds is 5. The first-order chi connectivity index (χ1) is 13.1. The summed E-state index contributed by atoms with van der Waals surface area (Å²) in [5.41, 5.74) is 0.985. The van der Waals surface area contributed by atoms with Crippen LogP contribution in [0.15, 0.2) is 24.3 Å². The van der Waals surface area contributed by atoms with Crippen LogP contribution in [0.25, 0.3) is 0 Å². The van der Waals surface area contributed by atoms with Crippen molar-refractivity contribution >= 4 is 17.6 Å². The second kappa shape index (κ2) is 9.58. The minimum atomic E-state index is -0.237. The Hall–Kier alpha value is -2.31. The largest absolute Gasteiger partial charge is 0.368 e. The summed E-state index contributed by atoms with van der Waals surface area (Å²) in [4.78, 5) is 30.2. The van der Waals surface area contributed by atoms with Crippen molar-refractivity contribution in [2.45, 2.75) is 32.1 Å². The molecule has 2 saturated heterocycles. The molecule has 2 aliphatic heterocycles. The van der Waals surface area contributed by atoms with E-state index in [0.29, 0.717) is 26.1 Å². The first-order valence-electron chi connectivity index (χ1n) is 9.94. The molecule has 0 unspecified atom stereocenters. The number of hydrogen-bond donors (Lipinski definition) is 1. The molecule has 0 aliphatic carbocycles. The van der Waals surface area contributed by atoms with Crippen LogP contribution in [0.4, 0.5) is 14.9 Å². The van der Waals surface area contributed by atoms with Gasteiger partial charge in [0.05, 0.1) is 0 Å². The Morgan fingerprint density at radius 3 is 2.48 bits per heavy atom. The van der Waals surface area contributed by atoms with E-state index in [2.05, 4.69) is 10.2 Å². The van der Waals surface area contributed by atoms with E-state index in [1.54, 1.807) is 12.1 Å².